The number of fused-ring (bicyclic) bond motifs is 1. The zero-order valence-corrected chi connectivity index (χ0v) is 19.0. The van der Waals surface area contributed by atoms with Crippen LogP contribution in [0.25, 0.3) is 0 Å². The molecule has 0 spiro atoms. The fraction of sp³-hybridized carbons (Fsp3) is 0.478. The monoisotopic (exact) mass is 427 g/mol. The maximum absolute atomic E-state index is 11.8. The first-order valence-electron chi connectivity index (χ1n) is 10.7. The van der Waals surface area contributed by atoms with Crippen LogP contribution in [0, 0.1) is 0 Å². The highest BCUT2D eigenvalue weighted by Crippen LogP contribution is 2.25. The van der Waals surface area contributed by atoms with E-state index in [0.717, 1.165) is 57.1 Å². The Bertz CT molecular complexity index is 863. The fourth-order valence-electron chi connectivity index (χ4n) is 3.66. The Labute approximate surface area is 183 Å². The van der Waals surface area contributed by atoms with Crippen molar-refractivity contribution in [3.63, 3.8) is 0 Å². The average Bonchev–Trinajstić information content (AvgIpc) is 3.24. The third-order valence-corrected chi connectivity index (χ3v) is 6.46. The zero-order valence-electron chi connectivity index (χ0n) is 18.2. The topological polar surface area (TPSA) is 68.8 Å². The number of carbonyl (C=O) groups excluding carboxylic acids is 1. The molecule has 3 rings (SSSR count). The van der Waals surface area contributed by atoms with Gasteiger partial charge in [0.25, 0.3) is 5.91 Å². The van der Waals surface area contributed by atoms with Crippen LogP contribution < -0.4 is 16.0 Å². The van der Waals surface area contributed by atoms with Gasteiger partial charge in [0.1, 0.15) is 0 Å². The molecule has 0 bridgehead atoms. The van der Waals surface area contributed by atoms with Crippen LogP contribution in [0.5, 0.6) is 0 Å². The molecule has 2 heterocycles. The van der Waals surface area contributed by atoms with E-state index in [-0.39, 0.29) is 5.91 Å². The van der Waals surface area contributed by atoms with E-state index in [2.05, 4.69) is 52.2 Å². The predicted molar refractivity (Wildman–Crippen MR) is 125 cm³/mol. The SMILES string of the molecule is CCNC(=NCC(C)N1CCc2sccc2C1)NCCc1cccc(C(=O)NC)c1. The molecule has 0 saturated heterocycles. The molecule has 1 aliphatic heterocycles. The molecule has 2 aromatic rings. The van der Waals surface area contributed by atoms with E-state index < -0.39 is 0 Å². The lowest BCUT2D eigenvalue weighted by atomic mass is 10.1. The van der Waals surface area contributed by atoms with Crippen LogP contribution in [0.3, 0.4) is 0 Å². The number of aliphatic imine (C=N–C) groups is 1. The summed E-state index contributed by atoms with van der Waals surface area (Å²) < 4.78 is 0. The van der Waals surface area contributed by atoms with Gasteiger partial charge in [0.15, 0.2) is 5.96 Å². The molecule has 1 aromatic carbocycles. The molecular formula is C23H33N5OS. The Morgan fingerprint density at radius 1 is 1.30 bits per heavy atom. The van der Waals surface area contributed by atoms with Gasteiger partial charge in [-0.2, -0.15) is 0 Å². The summed E-state index contributed by atoms with van der Waals surface area (Å²) in [7, 11) is 1.65. The van der Waals surface area contributed by atoms with Gasteiger partial charge in [-0.3, -0.25) is 14.7 Å². The van der Waals surface area contributed by atoms with Crippen LogP contribution in [0.4, 0.5) is 0 Å². The minimum Gasteiger partial charge on any atom is -0.357 e. The lowest BCUT2D eigenvalue weighted by Crippen LogP contribution is -2.41. The van der Waals surface area contributed by atoms with Gasteiger partial charge in [0.2, 0.25) is 0 Å². The molecule has 0 fully saturated rings. The van der Waals surface area contributed by atoms with E-state index in [1.54, 1.807) is 7.05 Å². The van der Waals surface area contributed by atoms with Crippen molar-refractivity contribution in [1.82, 2.24) is 20.9 Å². The van der Waals surface area contributed by atoms with Crippen molar-refractivity contribution >= 4 is 23.2 Å². The number of hydrogen-bond donors (Lipinski definition) is 3. The summed E-state index contributed by atoms with van der Waals surface area (Å²) >= 11 is 1.88. The molecule has 3 N–H and O–H groups in total. The number of nitrogens with zero attached hydrogens (tertiary/aromatic N) is 2. The smallest absolute Gasteiger partial charge is 0.251 e. The molecule has 7 heteroatoms. The molecule has 0 aliphatic carbocycles. The number of nitrogens with one attached hydrogen (secondary N) is 3. The van der Waals surface area contributed by atoms with Gasteiger partial charge in [-0.25, -0.2) is 0 Å². The van der Waals surface area contributed by atoms with Crippen molar-refractivity contribution in [3.05, 3.63) is 57.3 Å². The van der Waals surface area contributed by atoms with Crippen molar-refractivity contribution in [2.75, 3.05) is 33.2 Å². The minimum absolute atomic E-state index is 0.0546. The first kappa shape index (κ1) is 22.3. The van der Waals surface area contributed by atoms with Crippen LogP contribution in [0.15, 0.2) is 40.7 Å². The van der Waals surface area contributed by atoms with E-state index in [1.165, 1.54) is 10.4 Å². The van der Waals surface area contributed by atoms with Gasteiger partial charge in [-0.05, 0) is 61.4 Å². The van der Waals surface area contributed by atoms with E-state index in [9.17, 15) is 4.79 Å². The van der Waals surface area contributed by atoms with Crippen molar-refractivity contribution in [2.45, 2.75) is 39.3 Å². The highest BCUT2D eigenvalue weighted by Gasteiger charge is 2.21. The van der Waals surface area contributed by atoms with Crippen LogP contribution in [0.2, 0.25) is 0 Å². The molecule has 162 valence electrons. The minimum atomic E-state index is -0.0546. The number of carbonyl (C=O) groups is 1. The standard InChI is InChI=1S/C23H33N5OS/c1-4-25-23(26-11-8-18-6-5-7-19(14-18)22(29)24-3)27-15-17(2)28-12-9-21-20(16-28)10-13-30-21/h5-7,10,13-14,17H,4,8-9,11-12,15-16H2,1-3H3,(H,24,29)(H2,25,26,27). The summed E-state index contributed by atoms with van der Waals surface area (Å²) in [6.45, 7) is 8.83. The first-order valence-corrected chi connectivity index (χ1v) is 11.6. The first-order chi connectivity index (χ1) is 14.6. The number of benzene rings is 1. The van der Waals surface area contributed by atoms with Gasteiger partial charge in [0, 0.05) is 49.7 Å². The van der Waals surface area contributed by atoms with Crippen LogP contribution >= 0.6 is 11.3 Å². The molecule has 30 heavy (non-hydrogen) atoms. The summed E-state index contributed by atoms with van der Waals surface area (Å²) in [5, 5.41) is 11.6. The Balaban J connectivity index is 1.50. The molecule has 1 aromatic heterocycles. The summed E-state index contributed by atoms with van der Waals surface area (Å²) in [5.41, 5.74) is 3.30. The maximum Gasteiger partial charge on any atom is 0.251 e. The van der Waals surface area contributed by atoms with Gasteiger partial charge in [-0.15, -0.1) is 11.3 Å². The molecule has 0 saturated carbocycles. The summed E-state index contributed by atoms with van der Waals surface area (Å²) in [4.78, 5) is 20.7. The van der Waals surface area contributed by atoms with E-state index in [0.29, 0.717) is 11.6 Å². The normalized spacial score (nSPS) is 15.4. The Morgan fingerprint density at radius 3 is 2.97 bits per heavy atom. The summed E-state index contributed by atoms with van der Waals surface area (Å²) in [6.07, 6.45) is 1.98. The molecule has 0 radical (unpaired) electrons. The van der Waals surface area contributed by atoms with Crippen LogP contribution in [-0.4, -0.2) is 56.0 Å². The van der Waals surface area contributed by atoms with E-state index in [4.69, 9.17) is 4.99 Å². The largest absolute Gasteiger partial charge is 0.357 e. The summed E-state index contributed by atoms with van der Waals surface area (Å²) in [6, 6.07) is 10.4. The number of hydrogen-bond acceptors (Lipinski definition) is 4. The lowest BCUT2D eigenvalue weighted by Gasteiger charge is -2.31. The van der Waals surface area contributed by atoms with E-state index in [1.807, 2.05) is 29.5 Å². The highest BCUT2D eigenvalue weighted by atomic mass is 32.1. The molecular weight excluding hydrogens is 394 g/mol. The van der Waals surface area contributed by atoms with Crippen molar-refractivity contribution in [1.29, 1.82) is 0 Å². The fourth-order valence-corrected chi connectivity index (χ4v) is 4.55. The second-order valence-corrected chi connectivity index (χ2v) is 8.62. The number of thiophene rings is 1. The van der Waals surface area contributed by atoms with Gasteiger partial charge >= 0.3 is 0 Å². The van der Waals surface area contributed by atoms with Gasteiger partial charge in [-0.1, -0.05) is 12.1 Å². The second-order valence-electron chi connectivity index (χ2n) is 7.61. The quantitative estimate of drug-likeness (QED) is 0.448. The molecule has 6 nitrogen and oxygen atoms in total. The Kier molecular flexibility index (Phi) is 8.28. The number of rotatable bonds is 8. The van der Waals surface area contributed by atoms with E-state index >= 15 is 0 Å². The predicted octanol–water partition coefficient (Wildman–Crippen LogP) is 2.65. The van der Waals surface area contributed by atoms with Gasteiger partial charge in [0.05, 0.1) is 6.54 Å². The van der Waals surface area contributed by atoms with Crippen LogP contribution in [-0.2, 0) is 19.4 Å². The van der Waals surface area contributed by atoms with Crippen LogP contribution in [0.1, 0.15) is 40.2 Å². The average molecular weight is 428 g/mol. The second kappa shape index (κ2) is 11.1. The highest BCUT2D eigenvalue weighted by molar-refractivity contribution is 7.10. The summed E-state index contributed by atoms with van der Waals surface area (Å²) in [5.74, 6) is 0.793. The molecule has 1 aliphatic rings. The van der Waals surface area contributed by atoms with Crippen molar-refractivity contribution in [3.8, 4) is 0 Å². The number of amides is 1. The maximum atomic E-state index is 11.8. The Hall–Kier alpha value is -2.38. The lowest BCUT2D eigenvalue weighted by molar-refractivity contribution is 0.0963. The van der Waals surface area contributed by atoms with Crippen molar-refractivity contribution < 1.29 is 4.79 Å². The van der Waals surface area contributed by atoms with Crippen molar-refractivity contribution in [2.24, 2.45) is 4.99 Å². The molecule has 1 unspecified atom stereocenters. The zero-order chi connectivity index (χ0) is 21.3. The number of guanidine groups is 1. The molecule has 1 amide bonds. The third kappa shape index (κ3) is 6.06. The molecule has 1 atom stereocenters. The van der Waals surface area contributed by atoms with Gasteiger partial charge < -0.3 is 16.0 Å². The Morgan fingerprint density at radius 2 is 2.17 bits per heavy atom. The third-order valence-electron chi connectivity index (χ3n) is 5.44.